The molecular formula is C15H26N4O. The van der Waals surface area contributed by atoms with E-state index in [1.807, 2.05) is 6.07 Å². The summed E-state index contributed by atoms with van der Waals surface area (Å²) in [6, 6.07) is 1.91. The zero-order chi connectivity index (χ0) is 14.5. The van der Waals surface area contributed by atoms with Crippen LogP contribution in [0.4, 0.5) is 5.82 Å². The molecule has 20 heavy (non-hydrogen) atoms. The molecule has 1 saturated heterocycles. The van der Waals surface area contributed by atoms with Crippen molar-refractivity contribution in [1.82, 2.24) is 14.9 Å². The van der Waals surface area contributed by atoms with E-state index in [9.17, 15) is 0 Å². The topological polar surface area (TPSA) is 50.3 Å². The van der Waals surface area contributed by atoms with E-state index in [4.69, 9.17) is 4.74 Å². The molecule has 5 nitrogen and oxygen atoms in total. The Labute approximate surface area is 121 Å². The SMILES string of the molecule is CCNc1cc(OC2CCN(C)CC2)nc(C(C)C)n1. The van der Waals surface area contributed by atoms with Crippen LogP contribution in [0.1, 0.15) is 45.4 Å². The molecule has 0 unspecified atom stereocenters. The third kappa shape index (κ3) is 4.07. The van der Waals surface area contributed by atoms with Crippen LogP contribution in [0.15, 0.2) is 6.07 Å². The monoisotopic (exact) mass is 278 g/mol. The van der Waals surface area contributed by atoms with Crippen LogP contribution >= 0.6 is 0 Å². The molecule has 5 heteroatoms. The van der Waals surface area contributed by atoms with Gasteiger partial charge >= 0.3 is 0 Å². The minimum atomic E-state index is 0.274. The highest BCUT2D eigenvalue weighted by atomic mass is 16.5. The van der Waals surface area contributed by atoms with Crippen LogP contribution in [0, 0.1) is 0 Å². The normalized spacial score (nSPS) is 17.4. The van der Waals surface area contributed by atoms with Crippen LogP contribution in [0.2, 0.25) is 0 Å². The summed E-state index contributed by atoms with van der Waals surface area (Å²) in [5.41, 5.74) is 0. The van der Waals surface area contributed by atoms with Crippen molar-refractivity contribution in [3.05, 3.63) is 11.9 Å². The van der Waals surface area contributed by atoms with Crippen molar-refractivity contribution in [1.29, 1.82) is 0 Å². The largest absolute Gasteiger partial charge is 0.474 e. The van der Waals surface area contributed by atoms with Crippen molar-refractivity contribution in [2.75, 3.05) is 32.0 Å². The number of nitrogens with zero attached hydrogens (tertiary/aromatic N) is 3. The molecule has 1 aromatic rings. The summed E-state index contributed by atoms with van der Waals surface area (Å²) in [6.07, 6.45) is 2.40. The van der Waals surface area contributed by atoms with E-state index >= 15 is 0 Å². The van der Waals surface area contributed by atoms with Crippen molar-refractivity contribution in [2.45, 2.75) is 45.6 Å². The molecule has 0 spiro atoms. The van der Waals surface area contributed by atoms with Gasteiger partial charge in [-0.05, 0) is 26.8 Å². The van der Waals surface area contributed by atoms with Gasteiger partial charge in [-0.2, -0.15) is 4.98 Å². The molecule has 1 aliphatic rings. The van der Waals surface area contributed by atoms with Gasteiger partial charge in [0.2, 0.25) is 5.88 Å². The first-order valence-electron chi connectivity index (χ1n) is 7.56. The fraction of sp³-hybridized carbons (Fsp3) is 0.733. The Balaban J connectivity index is 2.09. The van der Waals surface area contributed by atoms with Gasteiger partial charge in [-0.25, -0.2) is 4.98 Å². The van der Waals surface area contributed by atoms with E-state index in [1.165, 1.54) is 0 Å². The minimum absolute atomic E-state index is 0.274. The molecule has 2 rings (SSSR count). The number of aromatic nitrogens is 2. The molecular weight excluding hydrogens is 252 g/mol. The predicted octanol–water partition coefficient (Wildman–Crippen LogP) is 2.50. The van der Waals surface area contributed by atoms with Crippen molar-refractivity contribution in [3.63, 3.8) is 0 Å². The van der Waals surface area contributed by atoms with E-state index in [-0.39, 0.29) is 6.10 Å². The van der Waals surface area contributed by atoms with Gasteiger partial charge in [0.15, 0.2) is 0 Å². The fourth-order valence-corrected chi connectivity index (χ4v) is 2.31. The average molecular weight is 278 g/mol. The summed E-state index contributed by atoms with van der Waals surface area (Å²) < 4.78 is 6.06. The second-order valence-corrected chi connectivity index (χ2v) is 5.76. The van der Waals surface area contributed by atoms with Gasteiger partial charge in [0.25, 0.3) is 0 Å². The van der Waals surface area contributed by atoms with Crippen LogP contribution in [-0.2, 0) is 0 Å². The lowest BCUT2D eigenvalue weighted by Crippen LogP contribution is -2.35. The van der Waals surface area contributed by atoms with E-state index in [0.29, 0.717) is 11.8 Å². The highest BCUT2D eigenvalue weighted by Gasteiger charge is 2.19. The first-order chi connectivity index (χ1) is 9.58. The van der Waals surface area contributed by atoms with Crippen molar-refractivity contribution in [3.8, 4) is 5.88 Å². The summed E-state index contributed by atoms with van der Waals surface area (Å²) in [4.78, 5) is 11.4. The summed E-state index contributed by atoms with van der Waals surface area (Å²) in [7, 11) is 2.15. The zero-order valence-electron chi connectivity index (χ0n) is 13.0. The minimum Gasteiger partial charge on any atom is -0.474 e. The molecule has 0 saturated carbocycles. The lowest BCUT2D eigenvalue weighted by molar-refractivity contribution is 0.109. The number of piperidine rings is 1. The molecule has 0 aromatic carbocycles. The second-order valence-electron chi connectivity index (χ2n) is 5.76. The number of likely N-dealkylation sites (tertiary alicyclic amines) is 1. The molecule has 0 bridgehead atoms. The Morgan fingerprint density at radius 1 is 1.35 bits per heavy atom. The molecule has 2 heterocycles. The standard InChI is InChI=1S/C15H26N4O/c1-5-16-13-10-14(18-15(17-13)11(2)3)20-12-6-8-19(4)9-7-12/h10-12H,5-9H2,1-4H3,(H,16,17,18). The fourth-order valence-electron chi connectivity index (χ4n) is 2.31. The van der Waals surface area contributed by atoms with Crippen LogP contribution in [0.3, 0.4) is 0 Å². The van der Waals surface area contributed by atoms with Crippen LogP contribution < -0.4 is 10.1 Å². The molecule has 0 aliphatic carbocycles. The van der Waals surface area contributed by atoms with Gasteiger partial charge in [-0.1, -0.05) is 13.8 Å². The Hall–Kier alpha value is -1.36. The molecule has 0 radical (unpaired) electrons. The molecule has 0 atom stereocenters. The number of nitrogens with one attached hydrogen (secondary N) is 1. The van der Waals surface area contributed by atoms with E-state index in [0.717, 1.165) is 44.1 Å². The molecule has 1 N–H and O–H groups in total. The van der Waals surface area contributed by atoms with Crippen molar-refractivity contribution in [2.24, 2.45) is 0 Å². The lowest BCUT2D eigenvalue weighted by Gasteiger charge is -2.29. The van der Waals surface area contributed by atoms with E-state index in [2.05, 4.69) is 48.0 Å². The predicted molar refractivity (Wildman–Crippen MR) is 81.4 cm³/mol. The Morgan fingerprint density at radius 3 is 2.65 bits per heavy atom. The van der Waals surface area contributed by atoms with Crippen molar-refractivity contribution >= 4 is 5.82 Å². The van der Waals surface area contributed by atoms with Gasteiger partial charge in [0.1, 0.15) is 17.7 Å². The molecule has 1 fully saturated rings. The Kier molecular flexibility index (Phi) is 5.17. The third-order valence-corrected chi connectivity index (χ3v) is 3.55. The lowest BCUT2D eigenvalue weighted by atomic mass is 10.1. The zero-order valence-corrected chi connectivity index (χ0v) is 13.0. The maximum atomic E-state index is 6.06. The third-order valence-electron chi connectivity index (χ3n) is 3.55. The number of anilines is 1. The second kappa shape index (κ2) is 6.88. The summed E-state index contributed by atoms with van der Waals surface area (Å²) in [5.74, 6) is 2.70. The molecule has 0 amide bonds. The number of hydrogen-bond acceptors (Lipinski definition) is 5. The molecule has 1 aromatic heterocycles. The quantitative estimate of drug-likeness (QED) is 0.897. The van der Waals surface area contributed by atoms with Gasteiger partial charge in [-0.3, -0.25) is 0 Å². The first-order valence-corrected chi connectivity index (χ1v) is 7.56. The maximum Gasteiger partial charge on any atom is 0.219 e. The average Bonchev–Trinajstić information content (AvgIpc) is 2.41. The first kappa shape index (κ1) is 15.0. The Morgan fingerprint density at radius 2 is 2.05 bits per heavy atom. The highest BCUT2D eigenvalue weighted by Crippen LogP contribution is 2.22. The van der Waals surface area contributed by atoms with E-state index in [1.54, 1.807) is 0 Å². The number of ether oxygens (including phenoxy) is 1. The molecule has 112 valence electrons. The smallest absolute Gasteiger partial charge is 0.219 e. The van der Waals surface area contributed by atoms with Gasteiger partial charge in [0.05, 0.1) is 0 Å². The van der Waals surface area contributed by atoms with Crippen molar-refractivity contribution < 1.29 is 4.74 Å². The van der Waals surface area contributed by atoms with Gasteiger partial charge < -0.3 is 15.0 Å². The summed E-state index contributed by atoms with van der Waals surface area (Å²) in [5, 5.41) is 3.25. The summed E-state index contributed by atoms with van der Waals surface area (Å²) >= 11 is 0. The van der Waals surface area contributed by atoms with Gasteiger partial charge in [0, 0.05) is 31.6 Å². The van der Waals surface area contributed by atoms with Crippen LogP contribution in [0.5, 0.6) is 5.88 Å². The number of hydrogen-bond donors (Lipinski definition) is 1. The number of rotatable bonds is 5. The Bertz CT molecular complexity index is 428. The summed E-state index contributed by atoms with van der Waals surface area (Å²) in [6.45, 7) is 9.30. The van der Waals surface area contributed by atoms with Crippen LogP contribution in [-0.4, -0.2) is 47.7 Å². The van der Waals surface area contributed by atoms with E-state index < -0.39 is 0 Å². The van der Waals surface area contributed by atoms with Crippen LogP contribution in [0.25, 0.3) is 0 Å². The van der Waals surface area contributed by atoms with Gasteiger partial charge in [-0.15, -0.1) is 0 Å². The molecule has 1 aliphatic heterocycles. The highest BCUT2D eigenvalue weighted by molar-refractivity contribution is 5.38. The maximum absolute atomic E-state index is 6.06.